The summed E-state index contributed by atoms with van der Waals surface area (Å²) in [7, 11) is 0.682. The number of sulfone groups is 1. The third kappa shape index (κ3) is 2.63. The van der Waals surface area contributed by atoms with E-state index in [0.29, 0.717) is 6.42 Å². The van der Waals surface area contributed by atoms with Gasteiger partial charge in [-0.05, 0) is 25.5 Å². The van der Waals surface area contributed by atoms with E-state index in [2.05, 4.69) is 9.88 Å². The van der Waals surface area contributed by atoms with Gasteiger partial charge in [0.1, 0.15) is 11.3 Å². The van der Waals surface area contributed by atoms with E-state index in [9.17, 15) is 8.42 Å². The molecular weight excluding hydrogens is 300 g/mol. The van der Waals surface area contributed by atoms with Crippen molar-refractivity contribution in [3.05, 3.63) is 30.0 Å². The van der Waals surface area contributed by atoms with Crippen LogP contribution in [0.1, 0.15) is 12.1 Å². The summed E-state index contributed by atoms with van der Waals surface area (Å²) in [5.41, 5.74) is 2.70. The minimum absolute atomic E-state index is 0.0150. The van der Waals surface area contributed by atoms with Crippen LogP contribution in [0.5, 0.6) is 5.75 Å². The highest BCUT2D eigenvalue weighted by Gasteiger charge is 2.31. The van der Waals surface area contributed by atoms with Gasteiger partial charge in [-0.15, -0.1) is 0 Å². The second-order valence-electron chi connectivity index (χ2n) is 5.81. The van der Waals surface area contributed by atoms with Gasteiger partial charge in [0.25, 0.3) is 0 Å². The van der Waals surface area contributed by atoms with E-state index >= 15 is 0 Å². The number of nitrogens with zero attached hydrogens (tertiary/aromatic N) is 2. The van der Waals surface area contributed by atoms with Crippen LogP contribution < -0.4 is 9.64 Å². The fourth-order valence-corrected chi connectivity index (χ4v) is 4.84. The quantitative estimate of drug-likeness (QED) is 0.867. The molecule has 0 N–H and O–H groups in total. The molecule has 0 amide bonds. The van der Waals surface area contributed by atoms with Gasteiger partial charge < -0.3 is 9.64 Å². The summed E-state index contributed by atoms with van der Waals surface area (Å²) in [5, 5.41) is 0.983. The Hall–Kier alpha value is -1.82. The minimum atomic E-state index is -2.91. The van der Waals surface area contributed by atoms with E-state index in [0.717, 1.165) is 28.0 Å². The lowest BCUT2D eigenvalue weighted by molar-refractivity contribution is 0.419. The first kappa shape index (κ1) is 15.1. The van der Waals surface area contributed by atoms with Crippen LogP contribution in [0.3, 0.4) is 0 Å². The van der Waals surface area contributed by atoms with E-state index < -0.39 is 9.84 Å². The summed E-state index contributed by atoms with van der Waals surface area (Å²) in [5.74, 6) is 1.22. The van der Waals surface area contributed by atoms with Gasteiger partial charge in [0.15, 0.2) is 9.84 Å². The van der Waals surface area contributed by atoms with Crippen molar-refractivity contribution in [3.8, 4) is 5.75 Å². The standard InChI is InChI=1S/C16H20N2O3S/c1-11-9-14(18(2)12-7-8-22(19,20)10-12)13-5-4-6-15(21-3)16(13)17-11/h4-6,9,12H,7-8,10H2,1-3H3. The number of hydrogen-bond donors (Lipinski definition) is 0. The topological polar surface area (TPSA) is 59.5 Å². The third-order valence-electron chi connectivity index (χ3n) is 4.26. The monoisotopic (exact) mass is 320 g/mol. The Labute approximate surface area is 130 Å². The number of rotatable bonds is 3. The van der Waals surface area contributed by atoms with E-state index in [1.165, 1.54) is 0 Å². The van der Waals surface area contributed by atoms with E-state index in [4.69, 9.17) is 4.74 Å². The minimum Gasteiger partial charge on any atom is -0.494 e. The van der Waals surface area contributed by atoms with E-state index in [-0.39, 0.29) is 17.5 Å². The van der Waals surface area contributed by atoms with Crippen LogP contribution in [0, 0.1) is 6.92 Å². The van der Waals surface area contributed by atoms with Gasteiger partial charge in [-0.2, -0.15) is 0 Å². The normalized spacial score (nSPS) is 20.2. The molecule has 1 saturated heterocycles. The number of ether oxygens (including phenoxy) is 1. The Morgan fingerprint density at radius 1 is 1.36 bits per heavy atom. The first-order chi connectivity index (χ1) is 10.4. The van der Waals surface area contributed by atoms with Crippen molar-refractivity contribution in [2.45, 2.75) is 19.4 Å². The Kier molecular flexibility index (Phi) is 3.72. The number of hydrogen-bond acceptors (Lipinski definition) is 5. The van der Waals surface area contributed by atoms with Crippen molar-refractivity contribution >= 4 is 26.4 Å². The molecule has 0 radical (unpaired) electrons. The van der Waals surface area contributed by atoms with Crippen LogP contribution in [0.4, 0.5) is 5.69 Å². The number of benzene rings is 1. The molecule has 1 aromatic heterocycles. The van der Waals surface area contributed by atoms with Gasteiger partial charge >= 0.3 is 0 Å². The van der Waals surface area contributed by atoms with Gasteiger partial charge in [-0.25, -0.2) is 13.4 Å². The van der Waals surface area contributed by atoms with Crippen molar-refractivity contribution in [2.75, 3.05) is 30.6 Å². The Morgan fingerprint density at radius 3 is 2.77 bits per heavy atom. The second-order valence-corrected chi connectivity index (χ2v) is 8.04. The maximum atomic E-state index is 11.7. The fourth-order valence-electron chi connectivity index (χ4n) is 3.06. The summed E-state index contributed by atoms with van der Waals surface area (Å²) in [6, 6.07) is 7.84. The summed E-state index contributed by atoms with van der Waals surface area (Å²) < 4.78 is 28.9. The van der Waals surface area contributed by atoms with Gasteiger partial charge in [0.05, 0.1) is 18.6 Å². The molecule has 3 rings (SSSR count). The number of aryl methyl sites for hydroxylation is 1. The first-order valence-electron chi connectivity index (χ1n) is 7.29. The van der Waals surface area contributed by atoms with E-state index in [1.807, 2.05) is 38.2 Å². The van der Waals surface area contributed by atoms with E-state index in [1.54, 1.807) is 7.11 Å². The molecular formula is C16H20N2O3S. The summed E-state index contributed by atoms with van der Waals surface area (Å²) in [6.07, 6.45) is 0.672. The van der Waals surface area contributed by atoms with Crippen LogP contribution in [0.25, 0.3) is 10.9 Å². The molecule has 0 aliphatic carbocycles. The van der Waals surface area contributed by atoms with Crippen molar-refractivity contribution in [1.29, 1.82) is 0 Å². The van der Waals surface area contributed by atoms with Gasteiger partial charge in [0.2, 0.25) is 0 Å². The smallest absolute Gasteiger partial charge is 0.152 e. The number of methoxy groups -OCH3 is 1. The fraction of sp³-hybridized carbons (Fsp3) is 0.438. The SMILES string of the molecule is COc1cccc2c(N(C)C3CCS(=O)(=O)C3)cc(C)nc12. The molecule has 1 aliphatic heterocycles. The molecule has 5 nitrogen and oxygen atoms in total. The Bertz CT molecular complexity index is 817. The Balaban J connectivity index is 2.10. The zero-order valence-electron chi connectivity index (χ0n) is 13.0. The summed E-state index contributed by atoms with van der Waals surface area (Å²) in [6.45, 7) is 1.94. The molecule has 0 bridgehead atoms. The molecule has 1 aliphatic rings. The van der Waals surface area contributed by atoms with Crippen molar-refractivity contribution in [1.82, 2.24) is 4.98 Å². The lowest BCUT2D eigenvalue weighted by Crippen LogP contribution is -2.32. The number of aromatic nitrogens is 1. The molecule has 1 unspecified atom stereocenters. The van der Waals surface area contributed by atoms with Crippen molar-refractivity contribution in [3.63, 3.8) is 0 Å². The lowest BCUT2D eigenvalue weighted by atomic mass is 10.1. The van der Waals surface area contributed by atoms with Gasteiger partial charge in [-0.1, -0.05) is 12.1 Å². The summed E-state index contributed by atoms with van der Waals surface area (Å²) in [4.78, 5) is 6.65. The number of anilines is 1. The number of fused-ring (bicyclic) bond motifs is 1. The van der Waals surface area contributed by atoms with Crippen molar-refractivity contribution in [2.24, 2.45) is 0 Å². The predicted molar refractivity (Wildman–Crippen MR) is 88.5 cm³/mol. The molecule has 1 fully saturated rings. The highest BCUT2D eigenvalue weighted by atomic mass is 32.2. The second kappa shape index (κ2) is 5.43. The van der Waals surface area contributed by atoms with Gasteiger partial charge in [-0.3, -0.25) is 0 Å². The summed E-state index contributed by atoms with van der Waals surface area (Å²) >= 11 is 0. The highest BCUT2D eigenvalue weighted by molar-refractivity contribution is 7.91. The highest BCUT2D eigenvalue weighted by Crippen LogP contribution is 2.33. The molecule has 2 aromatic rings. The van der Waals surface area contributed by atoms with Crippen LogP contribution in [0.2, 0.25) is 0 Å². The molecule has 2 heterocycles. The zero-order chi connectivity index (χ0) is 15.9. The average Bonchev–Trinajstić information content (AvgIpc) is 2.85. The van der Waals surface area contributed by atoms with Gasteiger partial charge in [0, 0.05) is 29.9 Å². The molecule has 6 heteroatoms. The maximum Gasteiger partial charge on any atom is 0.152 e. The molecule has 1 atom stereocenters. The van der Waals surface area contributed by atoms with Crippen LogP contribution in [-0.2, 0) is 9.84 Å². The van der Waals surface area contributed by atoms with Crippen molar-refractivity contribution < 1.29 is 13.2 Å². The largest absolute Gasteiger partial charge is 0.494 e. The predicted octanol–water partition coefficient (Wildman–Crippen LogP) is 2.18. The number of pyridine rings is 1. The lowest BCUT2D eigenvalue weighted by Gasteiger charge is -2.27. The third-order valence-corrected chi connectivity index (χ3v) is 6.02. The first-order valence-corrected chi connectivity index (χ1v) is 9.11. The average molecular weight is 320 g/mol. The Morgan fingerprint density at radius 2 is 2.14 bits per heavy atom. The molecule has 0 spiro atoms. The molecule has 1 aromatic carbocycles. The zero-order valence-corrected chi connectivity index (χ0v) is 13.9. The molecule has 0 saturated carbocycles. The van der Waals surface area contributed by atoms with Crippen LogP contribution in [-0.4, -0.2) is 45.1 Å². The number of para-hydroxylation sites is 1. The van der Waals surface area contributed by atoms with Crippen LogP contribution in [0.15, 0.2) is 24.3 Å². The molecule has 22 heavy (non-hydrogen) atoms. The maximum absolute atomic E-state index is 11.7. The molecule has 118 valence electrons. The van der Waals surface area contributed by atoms with Crippen LogP contribution >= 0.6 is 0 Å².